The first-order chi connectivity index (χ1) is 12.9. The van der Waals surface area contributed by atoms with Crippen molar-refractivity contribution in [3.05, 3.63) is 60.7 Å². The van der Waals surface area contributed by atoms with Gasteiger partial charge in [0.2, 0.25) is 0 Å². The van der Waals surface area contributed by atoms with Crippen molar-refractivity contribution in [2.24, 2.45) is 0 Å². The summed E-state index contributed by atoms with van der Waals surface area (Å²) in [7, 11) is 0. The maximum absolute atomic E-state index is 5.41. The van der Waals surface area contributed by atoms with E-state index >= 15 is 0 Å². The first-order valence-corrected chi connectivity index (χ1v) is 10.0. The number of rotatable bonds is 6. The number of benzene rings is 2. The van der Waals surface area contributed by atoms with E-state index in [1.54, 1.807) is 11.8 Å². The monoisotopic (exact) mass is 401 g/mol. The van der Waals surface area contributed by atoms with Gasteiger partial charge in [0.15, 0.2) is 5.16 Å². The predicted molar refractivity (Wildman–Crippen MR) is 115 cm³/mol. The number of hydrogen-bond acceptors (Lipinski definition) is 4. The van der Waals surface area contributed by atoms with Crippen LogP contribution in [0.2, 0.25) is 0 Å². The van der Waals surface area contributed by atoms with Gasteiger partial charge in [0, 0.05) is 36.5 Å². The second-order valence-electron chi connectivity index (χ2n) is 6.30. The first-order valence-electron chi connectivity index (χ1n) is 9.04. The highest BCUT2D eigenvalue weighted by molar-refractivity contribution is 7.99. The fraction of sp³-hybridized carbons (Fsp3) is 0.286. The molecule has 2 heterocycles. The van der Waals surface area contributed by atoms with Crippen LogP contribution in [0.5, 0.6) is 0 Å². The van der Waals surface area contributed by atoms with E-state index in [2.05, 4.69) is 58.4 Å². The number of morpholine rings is 1. The third-order valence-electron chi connectivity index (χ3n) is 4.54. The van der Waals surface area contributed by atoms with Crippen molar-refractivity contribution in [3.8, 4) is 22.5 Å². The van der Waals surface area contributed by atoms with Gasteiger partial charge in [-0.15, -0.1) is 12.4 Å². The molecule has 1 saturated heterocycles. The van der Waals surface area contributed by atoms with Crippen LogP contribution in [0.1, 0.15) is 0 Å². The lowest BCUT2D eigenvalue weighted by Crippen LogP contribution is -2.37. The second kappa shape index (κ2) is 9.95. The predicted octanol–water partition coefficient (Wildman–Crippen LogP) is 4.59. The van der Waals surface area contributed by atoms with Crippen LogP contribution in [-0.2, 0) is 4.74 Å². The minimum atomic E-state index is 0. The zero-order chi connectivity index (χ0) is 17.6. The number of nitrogens with one attached hydrogen (secondary N) is 1. The topological polar surface area (TPSA) is 41.2 Å². The molecule has 0 unspecified atom stereocenters. The van der Waals surface area contributed by atoms with E-state index in [9.17, 15) is 0 Å². The maximum Gasteiger partial charge on any atom is 0.166 e. The molecule has 4 rings (SSSR count). The molecule has 0 atom stereocenters. The highest BCUT2D eigenvalue weighted by atomic mass is 35.5. The first kappa shape index (κ1) is 20.0. The summed E-state index contributed by atoms with van der Waals surface area (Å²) in [5, 5.41) is 0.982. The summed E-state index contributed by atoms with van der Waals surface area (Å²) in [6, 6.07) is 20.8. The Bertz CT molecular complexity index is 763. The normalized spacial score (nSPS) is 14.7. The van der Waals surface area contributed by atoms with Gasteiger partial charge in [0.1, 0.15) is 0 Å². The van der Waals surface area contributed by atoms with E-state index in [0.717, 1.165) is 60.7 Å². The molecule has 4 nitrogen and oxygen atoms in total. The number of aromatic amines is 1. The molecule has 1 aliphatic rings. The molecule has 0 spiro atoms. The molecular formula is C21H24ClN3OS. The number of nitrogens with zero attached hydrogens (tertiary/aromatic N) is 2. The van der Waals surface area contributed by atoms with Gasteiger partial charge in [0.25, 0.3) is 0 Å². The summed E-state index contributed by atoms with van der Waals surface area (Å²) in [6.07, 6.45) is 0. The van der Waals surface area contributed by atoms with Gasteiger partial charge in [-0.3, -0.25) is 4.90 Å². The van der Waals surface area contributed by atoms with Crippen LogP contribution in [0.4, 0.5) is 0 Å². The Morgan fingerprint density at radius 3 is 2.22 bits per heavy atom. The van der Waals surface area contributed by atoms with Gasteiger partial charge in [-0.1, -0.05) is 72.4 Å². The molecule has 27 heavy (non-hydrogen) atoms. The van der Waals surface area contributed by atoms with E-state index < -0.39 is 0 Å². The Kier molecular flexibility index (Phi) is 7.35. The zero-order valence-corrected chi connectivity index (χ0v) is 16.8. The number of ether oxygens (including phenoxy) is 1. The van der Waals surface area contributed by atoms with Gasteiger partial charge < -0.3 is 9.72 Å². The van der Waals surface area contributed by atoms with Crippen molar-refractivity contribution < 1.29 is 4.74 Å². The second-order valence-corrected chi connectivity index (χ2v) is 7.38. The number of H-pyrrole nitrogens is 1. The third kappa shape index (κ3) is 5.14. The standard InChI is InChI=1S/C21H23N3OS.ClH/c1-3-7-17(8-4-1)19-20(18-9-5-2-6-10-18)23-21(22-19)26-16-13-24-11-14-25-15-12-24;/h1-10H,11-16H2,(H,22,23);1H. The quantitative estimate of drug-likeness (QED) is 0.613. The van der Waals surface area contributed by atoms with Crippen LogP contribution < -0.4 is 0 Å². The van der Waals surface area contributed by atoms with Crippen LogP contribution >= 0.6 is 24.2 Å². The Morgan fingerprint density at radius 2 is 1.56 bits per heavy atom. The molecule has 1 fully saturated rings. The largest absolute Gasteiger partial charge is 0.379 e. The molecule has 0 bridgehead atoms. The van der Waals surface area contributed by atoms with Gasteiger partial charge in [-0.05, 0) is 0 Å². The Labute approximate surface area is 170 Å². The summed E-state index contributed by atoms with van der Waals surface area (Å²) in [5.41, 5.74) is 4.41. The summed E-state index contributed by atoms with van der Waals surface area (Å²) in [5.74, 6) is 1.02. The van der Waals surface area contributed by atoms with Crippen LogP contribution in [-0.4, -0.2) is 53.5 Å². The number of halogens is 1. The highest BCUT2D eigenvalue weighted by Crippen LogP contribution is 2.32. The molecule has 3 aromatic rings. The lowest BCUT2D eigenvalue weighted by Gasteiger charge is -2.26. The SMILES string of the molecule is Cl.c1ccc(-c2nc(SCCN3CCOCC3)[nH]c2-c2ccccc2)cc1. The van der Waals surface area contributed by atoms with Crippen molar-refractivity contribution in [3.63, 3.8) is 0 Å². The Hall–Kier alpha value is -1.79. The van der Waals surface area contributed by atoms with Crippen molar-refractivity contribution in [2.75, 3.05) is 38.6 Å². The van der Waals surface area contributed by atoms with Crippen LogP contribution in [0.3, 0.4) is 0 Å². The summed E-state index contributed by atoms with van der Waals surface area (Å²) < 4.78 is 5.41. The fourth-order valence-corrected chi connectivity index (χ4v) is 4.01. The average Bonchev–Trinajstić information content (AvgIpc) is 3.14. The zero-order valence-electron chi connectivity index (χ0n) is 15.1. The molecule has 142 valence electrons. The molecule has 0 saturated carbocycles. The van der Waals surface area contributed by atoms with Crippen molar-refractivity contribution in [1.29, 1.82) is 0 Å². The Morgan fingerprint density at radius 1 is 0.926 bits per heavy atom. The minimum absolute atomic E-state index is 0. The molecular weight excluding hydrogens is 378 g/mol. The van der Waals surface area contributed by atoms with Crippen molar-refractivity contribution >= 4 is 24.2 Å². The van der Waals surface area contributed by atoms with E-state index in [1.165, 1.54) is 5.56 Å². The molecule has 1 aliphatic heterocycles. The van der Waals surface area contributed by atoms with Crippen molar-refractivity contribution in [2.45, 2.75) is 5.16 Å². The van der Waals surface area contributed by atoms with Crippen LogP contribution in [0.25, 0.3) is 22.5 Å². The smallest absolute Gasteiger partial charge is 0.166 e. The van der Waals surface area contributed by atoms with E-state index in [1.807, 2.05) is 12.1 Å². The lowest BCUT2D eigenvalue weighted by atomic mass is 10.1. The molecule has 2 aromatic carbocycles. The molecule has 0 radical (unpaired) electrons. The Balaban J connectivity index is 0.00000210. The number of thioether (sulfide) groups is 1. The molecule has 6 heteroatoms. The van der Waals surface area contributed by atoms with E-state index in [0.29, 0.717) is 0 Å². The lowest BCUT2D eigenvalue weighted by molar-refractivity contribution is 0.0410. The molecule has 1 aromatic heterocycles. The third-order valence-corrected chi connectivity index (χ3v) is 5.40. The van der Waals surface area contributed by atoms with E-state index in [-0.39, 0.29) is 12.4 Å². The van der Waals surface area contributed by atoms with Gasteiger partial charge in [0.05, 0.1) is 24.6 Å². The van der Waals surface area contributed by atoms with E-state index in [4.69, 9.17) is 9.72 Å². The summed E-state index contributed by atoms with van der Waals surface area (Å²) >= 11 is 1.79. The summed E-state index contributed by atoms with van der Waals surface area (Å²) in [4.78, 5) is 10.9. The maximum atomic E-state index is 5.41. The van der Waals surface area contributed by atoms with Gasteiger partial charge in [-0.2, -0.15) is 0 Å². The number of imidazole rings is 1. The van der Waals surface area contributed by atoms with Gasteiger partial charge >= 0.3 is 0 Å². The molecule has 0 amide bonds. The van der Waals surface area contributed by atoms with Gasteiger partial charge in [-0.25, -0.2) is 4.98 Å². The molecule has 1 N–H and O–H groups in total. The van der Waals surface area contributed by atoms with Crippen LogP contribution in [0.15, 0.2) is 65.8 Å². The number of aromatic nitrogens is 2. The fourth-order valence-electron chi connectivity index (χ4n) is 3.13. The number of hydrogen-bond donors (Lipinski definition) is 1. The highest BCUT2D eigenvalue weighted by Gasteiger charge is 2.15. The average molecular weight is 402 g/mol. The molecule has 0 aliphatic carbocycles. The van der Waals surface area contributed by atoms with Crippen molar-refractivity contribution in [1.82, 2.24) is 14.9 Å². The minimum Gasteiger partial charge on any atom is -0.379 e. The summed E-state index contributed by atoms with van der Waals surface area (Å²) in [6.45, 7) is 4.83. The van der Waals surface area contributed by atoms with Crippen LogP contribution in [0, 0.1) is 0 Å².